The van der Waals surface area contributed by atoms with E-state index < -0.39 is 0 Å². The Morgan fingerprint density at radius 1 is 1.12 bits per heavy atom. The lowest BCUT2D eigenvalue weighted by molar-refractivity contribution is -0.115. The molecule has 4 rings (SSSR count). The van der Waals surface area contributed by atoms with Gasteiger partial charge in [0.05, 0.1) is 36.7 Å². The second-order valence-corrected chi connectivity index (χ2v) is 5.72. The second-order valence-electron chi connectivity index (χ2n) is 5.72. The number of amides is 1. The quantitative estimate of drug-likeness (QED) is 0.577. The Hall–Kier alpha value is -3.68. The Morgan fingerprint density at radius 2 is 2.00 bits per heavy atom. The molecule has 3 aromatic heterocycles. The molecule has 0 bridgehead atoms. The van der Waals surface area contributed by atoms with Gasteiger partial charge in [-0.3, -0.25) is 4.79 Å². The molecule has 1 N–H and O–H groups in total. The molecule has 130 valence electrons. The molecule has 0 saturated carbocycles. The monoisotopic (exact) mass is 348 g/mol. The summed E-state index contributed by atoms with van der Waals surface area (Å²) in [4.78, 5) is 12.1. The summed E-state index contributed by atoms with van der Waals surface area (Å²) in [5.41, 5.74) is 2.54. The van der Waals surface area contributed by atoms with Crippen LogP contribution >= 0.6 is 0 Å². The minimum absolute atomic E-state index is 0.146. The van der Waals surface area contributed by atoms with Gasteiger partial charge in [-0.05, 0) is 12.1 Å². The van der Waals surface area contributed by atoms with Crippen molar-refractivity contribution in [1.29, 1.82) is 0 Å². The lowest BCUT2D eigenvalue weighted by Crippen LogP contribution is -2.18. The molecule has 4 aromatic rings. The standard InChI is InChI=1S/C18H16N6O2/c25-18(10-15-7-9-26-22-15)21-17-6-8-19-24(17)13-14-11-20-23(12-14)16-4-2-1-3-5-16/h1-9,11-12H,10,13H2,(H,21,25). The maximum absolute atomic E-state index is 12.1. The van der Waals surface area contributed by atoms with Crippen LogP contribution in [0.25, 0.3) is 5.69 Å². The summed E-state index contributed by atoms with van der Waals surface area (Å²) in [6.45, 7) is 0.499. The minimum Gasteiger partial charge on any atom is -0.364 e. The second kappa shape index (κ2) is 7.06. The van der Waals surface area contributed by atoms with Gasteiger partial charge in [0.2, 0.25) is 5.91 Å². The van der Waals surface area contributed by atoms with Crippen LogP contribution in [0.4, 0.5) is 5.82 Å². The Labute approximate surface area is 149 Å². The molecule has 0 radical (unpaired) electrons. The summed E-state index contributed by atoms with van der Waals surface area (Å²) in [5.74, 6) is 0.437. The van der Waals surface area contributed by atoms with Gasteiger partial charge in [0.25, 0.3) is 0 Å². The van der Waals surface area contributed by atoms with Crippen LogP contribution in [0.2, 0.25) is 0 Å². The smallest absolute Gasteiger partial charge is 0.231 e. The molecule has 1 aromatic carbocycles. The Morgan fingerprint density at radius 3 is 2.81 bits per heavy atom. The summed E-state index contributed by atoms with van der Waals surface area (Å²) in [6, 6.07) is 13.3. The van der Waals surface area contributed by atoms with Crippen molar-refractivity contribution in [2.75, 3.05) is 5.32 Å². The molecular formula is C18H16N6O2. The van der Waals surface area contributed by atoms with E-state index >= 15 is 0 Å². The fourth-order valence-corrected chi connectivity index (χ4v) is 2.58. The van der Waals surface area contributed by atoms with Crippen LogP contribution in [-0.4, -0.2) is 30.6 Å². The van der Waals surface area contributed by atoms with Gasteiger partial charge in [0.1, 0.15) is 12.1 Å². The Bertz CT molecular complexity index is 988. The first-order valence-corrected chi connectivity index (χ1v) is 8.08. The maximum atomic E-state index is 12.1. The number of rotatable bonds is 6. The number of carbonyl (C=O) groups is 1. The summed E-state index contributed by atoms with van der Waals surface area (Å²) in [5, 5.41) is 15.2. The zero-order chi connectivity index (χ0) is 17.8. The first-order valence-electron chi connectivity index (χ1n) is 8.08. The number of nitrogens with zero attached hydrogens (tertiary/aromatic N) is 5. The number of hydrogen-bond donors (Lipinski definition) is 1. The van der Waals surface area contributed by atoms with Crippen LogP contribution in [-0.2, 0) is 17.8 Å². The molecule has 8 heteroatoms. The van der Waals surface area contributed by atoms with Crippen molar-refractivity contribution < 1.29 is 9.32 Å². The van der Waals surface area contributed by atoms with E-state index in [1.807, 2.05) is 41.2 Å². The maximum Gasteiger partial charge on any atom is 0.231 e. The van der Waals surface area contributed by atoms with Crippen molar-refractivity contribution in [3.63, 3.8) is 0 Å². The van der Waals surface area contributed by atoms with E-state index in [2.05, 4.69) is 20.7 Å². The third kappa shape index (κ3) is 3.54. The molecule has 1 amide bonds. The van der Waals surface area contributed by atoms with Crippen LogP contribution in [0.15, 0.2) is 71.8 Å². The number of aromatic nitrogens is 5. The highest BCUT2D eigenvalue weighted by molar-refractivity contribution is 5.91. The minimum atomic E-state index is -0.180. The molecule has 0 fully saturated rings. The Balaban J connectivity index is 1.44. The first kappa shape index (κ1) is 15.8. The van der Waals surface area contributed by atoms with E-state index in [1.54, 1.807) is 29.2 Å². The zero-order valence-corrected chi connectivity index (χ0v) is 13.8. The van der Waals surface area contributed by atoms with E-state index in [0.29, 0.717) is 18.1 Å². The van der Waals surface area contributed by atoms with Crippen molar-refractivity contribution in [3.05, 3.63) is 78.6 Å². The van der Waals surface area contributed by atoms with Crippen LogP contribution in [0.3, 0.4) is 0 Å². The highest BCUT2D eigenvalue weighted by Crippen LogP contribution is 2.12. The SMILES string of the molecule is O=C(Cc1ccon1)Nc1ccnn1Cc1cnn(-c2ccccc2)c1. The van der Waals surface area contributed by atoms with Crippen molar-refractivity contribution in [1.82, 2.24) is 24.7 Å². The topological polar surface area (TPSA) is 90.8 Å². The molecule has 26 heavy (non-hydrogen) atoms. The average Bonchev–Trinajstić information content (AvgIpc) is 3.40. The van der Waals surface area contributed by atoms with Gasteiger partial charge < -0.3 is 9.84 Å². The third-order valence-electron chi connectivity index (χ3n) is 3.81. The average molecular weight is 348 g/mol. The van der Waals surface area contributed by atoms with Crippen molar-refractivity contribution in [2.24, 2.45) is 0 Å². The molecule has 0 atom stereocenters. The van der Waals surface area contributed by atoms with Gasteiger partial charge in [0.15, 0.2) is 0 Å². The number of para-hydroxylation sites is 1. The fourth-order valence-electron chi connectivity index (χ4n) is 2.58. The lowest BCUT2D eigenvalue weighted by atomic mass is 10.3. The number of anilines is 1. The molecule has 0 aliphatic rings. The molecule has 0 aliphatic heterocycles. The van der Waals surface area contributed by atoms with Gasteiger partial charge in [-0.1, -0.05) is 23.4 Å². The van der Waals surface area contributed by atoms with E-state index in [9.17, 15) is 4.79 Å². The highest BCUT2D eigenvalue weighted by Gasteiger charge is 2.11. The molecule has 8 nitrogen and oxygen atoms in total. The van der Waals surface area contributed by atoms with Crippen LogP contribution < -0.4 is 5.32 Å². The number of hydrogen-bond acceptors (Lipinski definition) is 5. The summed E-state index contributed by atoms with van der Waals surface area (Å²) in [6.07, 6.45) is 6.96. The van der Waals surface area contributed by atoms with Gasteiger partial charge in [-0.15, -0.1) is 0 Å². The zero-order valence-electron chi connectivity index (χ0n) is 13.8. The van der Waals surface area contributed by atoms with Crippen molar-refractivity contribution >= 4 is 11.7 Å². The molecule has 0 saturated heterocycles. The van der Waals surface area contributed by atoms with E-state index in [-0.39, 0.29) is 12.3 Å². The predicted molar refractivity (Wildman–Crippen MR) is 93.7 cm³/mol. The number of benzene rings is 1. The molecule has 0 spiro atoms. The van der Waals surface area contributed by atoms with Crippen LogP contribution in [0.1, 0.15) is 11.3 Å². The Kier molecular flexibility index (Phi) is 4.29. The lowest BCUT2D eigenvalue weighted by Gasteiger charge is -2.07. The van der Waals surface area contributed by atoms with Gasteiger partial charge in [-0.2, -0.15) is 10.2 Å². The summed E-state index contributed by atoms with van der Waals surface area (Å²) >= 11 is 0. The van der Waals surface area contributed by atoms with Gasteiger partial charge in [0, 0.05) is 23.9 Å². The van der Waals surface area contributed by atoms with E-state index in [4.69, 9.17) is 4.52 Å². The first-order chi connectivity index (χ1) is 12.8. The fraction of sp³-hybridized carbons (Fsp3) is 0.111. The van der Waals surface area contributed by atoms with Crippen LogP contribution in [0.5, 0.6) is 0 Å². The largest absolute Gasteiger partial charge is 0.364 e. The van der Waals surface area contributed by atoms with Gasteiger partial charge in [-0.25, -0.2) is 9.36 Å². The van der Waals surface area contributed by atoms with Crippen molar-refractivity contribution in [3.8, 4) is 5.69 Å². The molecule has 3 heterocycles. The highest BCUT2D eigenvalue weighted by atomic mass is 16.5. The normalized spacial score (nSPS) is 10.8. The summed E-state index contributed by atoms with van der Waals surface area (Å²) in [7, 11) is 0. The van der Waals surface area contributed by atoms with Gasteiger partial charge >= 0.3 is 0 Å². The van der Waals surface area contributed by atoms with E-state index in [0.717, 1.165) is 11.3 Å². The van der Waals surface area contributed by atoms with E-state index in [1.165, 1.54) is 6.26 Å². The predicted octanol–water partition coefficient (Wildman–Crippen LogP) is 2.29. The molecular weight excluding hydrogens is 332 g/mol. The summed E-state index contributed by atoms with van der Waals surface area (Å²) < 4.78 is 8.26. The van der Waals surface area contributed by atoms with Crippen molar-refractivity contribution in [2.45, 2.75) is 13.0 Å². The van der Waals surface area contributed by atoms with Crippen LogP contribution in [0, 0.1) is 0 Å². The number of nitrogens with one attached hydrogen (secondary N) is 1. The number of carbonyl (C=O) groups excluding carboxylic acids is 1. The third-order valence-corrected chi connectivity index (χ3v) is 3.81. The molecule has 0 unspecified atom stereocenters. The molecule has 0 aliphatic carbocycles.